The van der Waals surface area contributed by atoms with E-state index in [1.54, 1.807) is 7.11 Å². The number of hydrogen-bond donors (Lipinski definition) is 3. The van der Waals surface area contributed by atoms with Crippen LogP contribution >= 0.6 is 7.49 Å². The SMILES string of the molecule is COc1cc([P+]2(O)CCN(C3CC3)CC2)ccc1Nc1nc2c(c(C3CC3)n1)CC(C(F)(F)F)=CN2. The number of aromatic nitrogens is 2. The number of nitrogens with one attached hydrogen (secondary N) is 2. The van der Waals surface area contributed by atoms with E-state index >= 15 is 0 Å². The first-order valence-corrected chi connectivity index (χ1v) is 14.6. The number of alkyl halides is 3. The summed E-state index contributed by atoms with van der Waals surface area (Å²) < 4.78 is 45.5. The summed E-state index contributed by atoms with van der Waals surface area (Å²) in [7, 11) is -0.664. The normalized spacial score (nSPS) is 21.9. The first-order chi connectivity index (χ1) is 17.2. The van der Waals surface area contributed by atoms with Crippen LogP contribution in [0.25, 0.3) is 0 Å². The topological polar surface area (TPSA) is 82.5 Å². The smallest absolute Gasteiger partial charge is 0.414 e. The molecule has 4 aliphatic rings. The third-order valence-electron chi connectivity index (χ3n) is 7.61. The molecule has 0 spiro atoms. The van der Waals surface area contributed by atoms with Crippen LogP contribution in [0.2, 0.25) is 0 Å². The van der Waals surface area contributed by atoms with Crippen LogP contribution in [0.1, 0.15) is 42.9 Å². The minimum absolute atomic E-state index is 0.154. The number of allylic oxidation sites excluding steroid dienone is 1. The van der Waals surface area contributed by atoms with Crippen LogP contribution in [-0.2, 0) is 6.42 Å². The minimum Gasteiger partial charge on any atom is -0.494 e. The molecular weight excluding hydrogens is 490 g/mol. The zero-order valence-corrected chi connectivity index (χ0v) is 21.0. The van der Waals surface area contributed by atoms with E-state index in [4.69, 9.17) is 4.74 Å². The molecule has 0 radical (unpaired) electrons. The molecule has 0 unspecified atom stereocenters. The van der Waals surface area contributed by atoms with Gasteiger partial charge in [-0.25, -0.2) is 9.88 Å². The van der Waals surface area contributed by atoms with Crippen molar-refractivity contribution in [3.8, 4) is 5.75 Å². The van der Waals surface area contributed by atoms with Crippen molar-refractivity contribution in [1.82, 2.24) is 14.9 Å². The van der Waals surface area contributed by atoms with Gasteiger partial charge in [0.05, 0.1) is 24.1 Å². The van der Waals surface area contributed by atoms with E-state index in [1.165, 1.54) is 12.8 Å². The number of benzene rings is 1. The predicted molar refractivity (Wildman–Crippen MR) is 135 cm³/mol. The average Bonchev–Trinajstić information content (AvgIpc) is 3.76. The lowest BCUT2D eigenvalue weighted by atomic mass is 9.99. The second kappa shape index (κ2) is 8.85. The van der Waals surface area contributed by atoms with Gasteiger partial charge in [-0.15, -0.1) is 0 Å². The quantitative estimate of drug-likeness (QED) is 0.482. The van der Waals surface area contributed by atoms with Gasteiger partial charge in [0.2, 0.25) is 5.95 Å². The van der Waals surface area contributed by atoms with Crippen molar-refractivity contribution in [1.29, 1.82) is 0 Å². The molecule has 3 fully saturated rings. The van der Waals surface area contributed by atoms with Crippen LogP contribution in [0.15, 0.2) is 30.0 Å². The molecule has 0 atom stereocenters. The molecule has 2 aromatic rings. The molecule has 3 N–H and O–H groups in total. The second-order valence-electron chi connectivity index (χ2n) is 10.2. The molecule has 0 amide bonds. The van der Waals surface area contributed by atoms with Gasteiger partial charge in [0, 0.05) is 49.3 Å². The number of hydrogen-bond acceptors (Lipinski definition) is 7. The van der Waals surface area contributed by atoms with Crippen molar-refractivity contribution in [2.75, 3.05) is 43.2 Å². The van der Waals surface area contributed by atoms with E-state index < -0.39 is 19.2 Å². The fraction of sp³-hybridized carbons (Fsp3) is 0.520. The van der Waals surface area contributed by atoms with Gasteiger partial charge in [-0.3, -0.25) is 4.90 Å². The number of fused-ring (bicyclic) bond motifs is 1. The summed E-state index contributed by atoms with van der Waals surface area (Å²) in [6, 6.07) is 6.43. The molecule has 0 bridgehead atoms. The largest absolute Gasteiger partial charge is 0.494 e. The van der Waals surface area contributed by atoms with Gasteiger partial charge in [-0.1, -0.05) is 0 Å². The first-order valence-electron chi connectivity index (χ1n) is 12.5. The van der Waals surface area contributed by atoms with Gasteiger partial charge in [0.15, 0.2) is 7.49 Å². The van der Waals surface area contributed by atoms with E-state index in [2.05, 4.69) is 25.5 Å². The Morgan fingerprint density at radius 1 is 1.14 bits per heavy atom. The maximum Gasteiger partial charge on any atom is 0.414 e. The Bertz CT molecular complexity index is 1200. The number of ether oxygens (including phenoxy) is 1. The maximum absolute atomic E-state index is 13.3. The summed E-state index contributed by atoms with van der Waals surface area (Å²) in [6.45, 7) is 1.86. The van der Waals surface area contributed by atoms with Crippen LogP contribution in [0, 0.1) is 0 Å². The van der Waals surface area contributed by atoms with Crippen molar-refractivity contribution < 1.29 is 22.8 Å². The van der Waals surface area contributed by atoms with Gasteiger partial charge in [0.1, 0.15) is 29.2 Å². The van der Waals surface area contributed by atoms with Gasteiger partial charge in [0.25, 0.3) is 0 Å². The molecular formula is C25H30F3N5O2P+. The summed E-state index contributed by atoms with van der Waals surface area (Å²) >= 11 is 0. The fourth-order valence-electron chi connectivity index (χ4n) is 5.16. The van der Waals surface area contributed by atoms with E-state index in [9.17, 15) is 18.1 Å². The van der Waals surface area contributed by atoms with Crippen LogP contribution in [-0.4, -0.2) is 64.5 Å². The second-order valence-corrected chi connectivity index (χ2v) is 13.4. The summed E-state index contributed by atoms with van der Waals surface area (Å²) in [6.07, 6.45) is 2.31. The highest BCUT2D eigenvalue weighted by Gasteiger charge is 2.45. The Labute approximate surface area is 208 Å². The standard InChI is InChI=1S/C25H30F3N5O2P/c1-35-21-13-18(36(34)10-8-33(9-11-36)17-4-5-17)6-7-20(21)30-24-31-22(15-2-3-15)19-12-16(25(26,27)28)14-29-23(19)32-24/h6-7,13-15,17,34H,2-5,8-12H2,1H3,(H2,29,30,31,32)/q+1. The number of nitrogens with zero attached hydrogens (tertiary/aromatic N) is 3. The predicted octanol–water partition coefficient (Wildman–Crippen LogP) is 4.55. The number of halogens is 3. The Morgan fingerprint density at radius 2 is 1.89 bits per heavy atom. The summed E-state index contributed by atoms with van der Waals surface area (Å²) in [5.41, 5.74) is 1.21. The third kappa shape index (κ3) is 4.66. The zero-order valence-electron chi connectivity index (χ0n) is 20.1. The fourth-order valence-corrected chi connectivity index (χ4v) is 7.79. The highest BCUT2D eigenvalue weighted by atomic mass is 31.2. The molecule has 1 aromatic carbocycles. The van der Waals surface area contributed by atoms with E-state index in [-0.39, 0.29) is 12.3 Å². The maximum atomic E-state index is 13.3. The Kier molecular flexibility index (Phi) is 5.89. The van der Waals surface area contributed by atoms with Crippen molar-refractivity contribution >= 4 is 30.2 Å². The Hall–Kier alpha value is -2.42. The van der Waals surface area contributed by atoms with Gasteiger partial charge < -0.3 is 15.4 Å². The number of methoxy groups -OCH3 is 1. The molecule has 3 heterocycles. The van der Waals surface area contributed by atoms with Crippen LogP contribution in [0.3, 0.4) is 0 Å². The van der Waals surface area contributed by atoms with Crippen LogP contribution in [0.4, 0.5) is 30.6 Å². The van der Waals surface area contributed by atoms with E-state index in [1.807, 2.05) is 18.2 Å². The molecule has 6 rings (SSSR count). The van der Waals surface area contributed by atoms with Crippen molar-refractivity contribution in [2.45, 2.75) is 50.2 Å². The van der Waals surface area contributed by atoms with Crippen LogP contribution < -0.4 is 20.7 Å². The lowest BCUT2D eigenvalue weighted by Gasteiger charge is -2.32. The van der Waals surface area contributed by atoms with Gasteiger partial charge >= 0.3 is 6.18 Å². The molecule has 192 valence electrons. The zero-order chi connectivity index (χ0) is 25.1. The minimum atomic E-state index is -4.39. The van der Waals surface area contributed by atoms with Gasteiger partial charge in [-0.05, 0) is 37.8 Å². The van der Waals surface area contributed by atoms with Crippen molar-refractivity contribution in [3.63, 3.8) is 0 Å². The van der Waals surface area contributed by atoms with E-state index in [0.717, 1.165) is 49.8 Å². The first kappa shape index (κ1) is 23.9. The number of rotatable bonds is 6. The lowest BCUT2D eigenvalue weighted by molar-refractivity contribution is -0.0934. The monoisotopic (exact) mass is 520 g/mol. The molecule has 1 saturated heterocycles. The molecule has 11 heteroatoms. The Balaban J connectivity index is 1.24. The Morgan fingerprint density at radius 3 is 2.53 bits per heavy atom. The average molecular weight is 521 g/mol. The molecule has 7 nitrogen and oxygen atoms in total. The third-order valence-corrected chi connectivity index (χ3v) is 10.7. The summed E-state index contributed by atoms with van der Waals surface area (Å²) in [5.74, 6) is 1.44. The lowest BCUT2D eigenvalue weighted by Crippen LogP contribution is -2.40. The summed E-state index contributed by atoms with van der Waals surface area (Å²) in [5, 5.41) is 6.86. The molecule has 1 aromatic heterocycles. The van der Waals surface area contributed by atoms with Crippen LogP contribution in [0.5, 0.6) is 5.75 Å². The molecule has 36 heavy (non-hydrogen) atoms. The van der Waals surface area contributed by atoms with Crippen molar-refractivity contribution in [2.24, 2.45) is 0 Å². The van der Waals surface area contributed by atoms with E-state index in [0.29, 0.717) is 40.5 Å². The summed E-state index contributed by atoms with van der Waals surface area (Å²) in [4.78, 5) is 23.1. The highest BCUT2D eigenvalue weighted by molar-refractivity contribution is 7.77. The molecule has 2 saturated carbocycles. The highest BCUT2D eigenvalue weighted by Crippen LogP contribution is 2.56. The van der Waals surface area contributed by atoms with Gasteiger partial charge in [-0.2, -0.15) is 18.2 Å². The van der Waals surface area contributed by atoms with Crippen molar-refractivity contribution in [3.05, 3.63) is 41.2 Å². The number of anilines is 3. The molecule has 2 aliphatic carbocycles. The molecule has 2 aliphatic heterocycles.